The fourth-order valence-electron chi connectivity index (χ4n) is 0.419. The molecule has 7 heteroatoms. The molecular formula is C4H9Br2NO3S. The molecule has 11 heavy (non-hydrogen) atoms. The molecule has 0 saturated heterocycles. The Balaban J connectivity index is 3.74. The molecule has 0 bridgehead atoms. The van der Waals surface area contributed by atoms with Crippen molar-refractivity contribution in [1.29, 1.82) is 0 Å². The van der Waals surface area contributed by atoms with E-state index < -0.39 is 10.1 Å². The van der Waals surface area contributed by atoms with Gasteiger partial charge in [-0.3, -0.25) is 4.18 Å². The van der Waals surface area contributed by atoms with Crippen LogP contribution in [0.3, 0.4) is 0 Å². The molecule has 0 aliphatic carbocycles. The lowest BCUT2D eigenvalue weighted by atomic mass is 10.8. The zero-order chi connectivity index (χ0) is 8.91. The van der Waals surface area contributed by atoms with Crippen LogP contribution >= 0.6 is 32.3 Å². The monoisotopic (exact) mass is 309 g/mol. The maximum absolute atomic E-state index is 10.8. The molecule has 0 rings (SSSR count). The fourth-order valence-corrected chi connectivity index (χ4v) is 2.13. The summed E-state index contributed by atoms with van der Waals surface area (Å²) in [5.74, 6) is -0.0304. The Morgan fingerprint density at radius 1 is 1.45 bits per heavy atom. The highest BCUT2D eigenvalue weighted by atomic mass is 79.9. The van der Waals surface area contributed by atoms with Gasteiger partial charge in [0.05, 0.1) is 12.4 Å². The molecule has 0 fully saturated rings. The summed E-state index contributed by atoms with van der Waals surface area (Å²) in [6, 6.07) is 0. The molecule has 0 heterocycles. The molecule has 0 amide bonds. The summed E-state index contributed by atoms with van der Waals surface area (Å²) in [7, 11) is -3.33. The van der Waals surface area contributed by atoms with Crippen LogP contribution in [0.5, 0.6) is 0 Å². The SMILES string of the molecule is CCOS(=O)(=O)CCN(Br)Br. The zero-order valence-corrected chi connectivity index (χ0v) is 9.95. The summed E-state index contributed by atoms with van der Waals surface area (Å²) < 4.78 is 27.6. The average molecular weight is 311 g/mol. The number of halogens is 2. The number of hydrogen-bond acceptors (Lipinski definition) is 4. The molecule has 68 valence electrons. The van der Waals surface area contributed by atoms with E-state index in [4.69, 9.17) is 0 Å². The third-order valence-corrected chi connectivity index (χ3v) is 2.79. The minimum absolute atomic E-state index is 0.0304. The van der Waals surface area contributed by atoms with Crippen LogP contribution in [0.25, 0.3) is 0 Å². The maximum Gasteiger partial charge on any atom is 0.268 e. The molecule has 4 nitrogen and oxygen atoms in total. The smallest absolute Gasteiger partial charge is 0.268 e. The lowest BCUT2D eigenvalue weighted by molar-refractivity contribution is 0.337. The van der Waals surface area contributed by atoms with Gasteiger partial charge in [-0.1, -0.05) is 0 Å². The highest BCUT2D eigenvalue weighted by Crippen LogP contribution is 2.05. The molecule has 0 aliphatic rings. The van der Waals surface area contributed by atoms with E-state index >= 15 is 0 Å². The van der Waals surface area contributed by atoms with Gasteiger partial charge in [-0.15, -0.1) is 0 Å². The number of hydrogen-bond donors (Lipinski definition) is 0. The van der Waals surface area contributed by atoms with Crippen molar-refractivity contribution in [1.82, 2.24) is 2.95 Å². The first kappa shape index (κ1) is 11.8. The second-order valence-electron chi connectivity index (χ2n) is 1.69. The summed E-state index contributed by atoms with van der Waals surface area (Å²) in [6.45, 7) is 2.16. The predicted octanol–water partition coefficient (Wildman–Crippen LogP) is 1.27. The number of rotatable bonds is 5. The van der Waals surface area contributed by atoms with Gasteiger partial charge in [-0.2, -0.15) is 11.4 Å². The first-order chi connectivity index (χ1) is 4.98. The standard InChI is InChI=1S/C4H9Br2NO3S/c1-2-10-11(8,9)4-3-7(5)6/h2-4H2,1H3. The Kier molecular flexibility index (Phi) is 5.88. The average Bonchev–Trinajstić information content (AvgIpc) is 1.84. The van der Waals surface area contributed by atoms with Gasteiger partial charge < -0.3 is 0 Å². The Bertz CT molecular complexity index is 192. The van der Waals surface area contributed by atoms with Gasteiger partial charge in [0.2, 0.25) is 0 Å². The fraction of sp³-hybridized carbons (Fsp3) is 1.00. The largest absolute Gasteiger partial charge is 0.270 e. The van der Waals surface area contributed by atoms with E-state index in [0.29, 0.717) is 6.54 Å². The molecule has 0 aromatic rings. The minimum atomic E-state index is -3.33. The van der Waals surface area contributed by atoms with Gasteiger partial charge in [-0.25, -0.2) is 0 Å². The van der Waals surface area contributed by atoms with Crippen LogP contribution in [-0.2, 0) is 14.3 Å². The molecule has 0 radical (unpaired) electrons. The maximum atomic E-state index is 10.8. The van der Waals surface area contributed by atoms with Gasteiger partial charge in [0.1, 0.15) is 0 Å². The first-order valence-electron chi connectivity index (χ1n) is 2.94. The predicted molar refractivity (Wildman–Crippen MR) is 50.0 cm³/mol. The van der Waals surface area contributed by atoms with E-state index in [9.17, 15) is 8.42 Å². The molecule has 0 aliphatic heterocycles. The van der Waals surface area contributed by atoms with Crippen LogP contribution in [0.2, 0.25) is 0 Å². The van der Waals surface area contributed by atoms with E-state index in [1.807, 2.05) is 0 Å². The van der Waals surface area contributed by atoms with Crippen molar-refractivity contribution in [3.63, 3.8) is 0 Å². The normalized spacial score (nSPS) is 12.4. The first-order valence-corrected chi connectivity index (χ1v) is 5.93. The third kappa shape index (κ3) is 7.20. The van der Waals surface area contributed by atoms with Crippen molar-refractivity contribution in [2.24, 2.45) is 0 Å². The summed E-state index contributed by atoms with van der Waals surface area (Å²) in [5.41, 5.74) is 0. The summed E-state index contributed by atoms with van der Waals surface area (Å²) in [6.07, 6.45) is 0. The van der Waals surface area contributed by atoms with Gasteiger partial charge in [0, 0.05) is 38.8 Å². The van der Waals surface area contributed by atoms with E-state index in [1.165, 1.54) is 2.95 Å². The van der Waals surface area contributed by atoms with Crippen LogP contribution in [0.4, 0.5) is 0 Å². The Hall–Kier alpha value is 0.830. The summed E-state index contributed by atoms with van der Waals surface area (Å²) in [5, 5.41) is 0. The lowest BCUT2D eigenvalue weighted by Crippen LogP contribution is -2.17. The van der Waals surface area contributed by atoms with E-state index in [-0.39, 0.29) is 12.4 Å². The second kappa shape index (κ2) is 5.47. The van der Waals surface area contributed by atoms with Crippen LogP contribution < -0.4 is 0 Å². The highest BCUT2D eigenvalue weighted by molar-refractivity contribution is 9.21. The lowest BCUT2D eigenvalue weighted by Gasteiger charge is -2.04. The topological polar surface area (TPSA) is 46.6 Å². The van der Waals surface area contributed by atoms with Crippen molar-refractivity contribution >= 4 is 42.4 Å². The summed E-state index contributed by atoms with van der Waals surface area (Å²) in [4.78, 5) is 0. The molecular weight excluding hydrogens is 302 g/mol. The van der Waals surface area contributed by atoms with Crippen molar-refractivity contribution in [3.05, 3.63) is 0 Å². The molecule has 0 spiro atoms. The second-order valence-corrected chi connectivity index (χ2v) is 6.12. The minimum Gasteiger partial charge on any atom is -0.270 e. The van der Waals surface area contributed by atoms with E-state index in [2.05, 4.69) is 36.5 Å². The van der Waals surface area contributed by atoms with Crippen LogP contribution in [0.1, 0.15) is 6.92 Å². The highest BCUT2D eigenvalue weighted by Gasteiger charge is 2.10. The number of nitrogens with zero attached hydrogens (tertiary/aromatic N) is 1. The molecule has 0 unspecified atom stereocenters. The Morgan fingerprint density at radius 2 is 2.00 bits per heavy atom. The van der Waals surface area contributed by atoms with Gasteiger partial charge in [0.15, 0.2) is 0 Å². The zero-order valence-electron chi connectivity index (χ0n) is 5.96. The van der Waals surface area contributed by atoms with Crippen LogP contribution in [0.15, 0.2) is 0 Å². The van der Waals surface area contributed by atoms with Crippen molar-refractivity contribution in [3.8, 4) is 0 Å². The molecule has 0 saturated carbocycles. The van der Waals surface area contributed by atoms with Crippen molar-refractivity contribution in [2.75, 3.05) is 18.9 Å². The van der Waals surface area contributed by atoms with Crippen molar-refractivity contribution < 1.29 is 12.6 Å². The quantitative estimate of drug-likeness (QED) is 0.567. The molecule has 0 atom stereocenters. The van der Waals surface area contributed by atoms with Gasteiger partial charge in [-0.05, 0) is 6.92 Å². The van der Waals surface area contributed by atoms with E-state index in [0.717, 1.165) is 0 Å². The third-order valence-electron chi connectivity index (χ3n) is 0.808. The van der Waals surface area contributed by atoms with Gasteiger partial charge >= 0.3 is 0 Å². The molecule has 0 N–H and O–H groups in total. The molecule has 0 aromatic heterocycles. The van der Waals surface area contributed by atoms with Crippen LogP contribution in [-0.4, -0.2) is 30.3 Å². The molecule has 0 aromatic carbocycles. The summed E-state index contributed by atoms with van der Waals surface area (Å²) >= 11 is 6.02. The Morgan fingerprint density at radius 3 is 2.36 bits per heavy atom. The van der Waals surface area contributed by atoms with Crippen LogP contribution in [0, 0.1) is 0 Å². The van der Waals surface area contributed by atoms with Crippen molar-refractivity contribution in [2.45, 2.75) is 6.92 Å². The van der Waals surface area contributed by atoms with E-state index in [1.54, 1.807) is 6.92 Å². The van der Waals surface area contributed by atoms with Gasteiger partial charge in [0.25, 0.3) is 10.1 Å². The Labute approximate surface area is 83.7 Å².